The van der Waals surface area contributed by atoms with Crippen LogP contribution in [0, 0.1) is 29.6 Å². The predicted molar refractivity (Wildman–Crippen MR) is 357 cm³/mol. The molecule has 14 unspecified atom stereocenters. The number of rotatable bonds is 16. The quantitative estimate of drug-likeness (QED) is 0.0640. The van der Waals surface area contributed by atoms with E-state index in [-0.39, 0.29) is 18.2 Å². The van der Waals surface area contributed by atoms with Gasteiger partial charge in [0.1, 0.15) is 17.2 Å². The Morgan fingerprint density at radius 3 is 1.45 bits per heavy atom. The molecule has 1 heterocycles. The molecule has 0 spiro atoms. The van der Waals surface area contributed by atoms with Crippen molar-refractivity contribution in [3.8, 4) is 17.2 Å². The summed E-state index contributed by atoms with van der Waals surface area (Å²) in [7, 11) is 0. The van der Waals surface area contributed by atoms with Gasteiger partial charge in [0.2, 0.25) is 6.10 Å². The summed E-state index contributed by atoms with van der Waals surface area (Å²) in [5.41, 5.74) is 8.64. The lowest BCUT2D eigenvalue weighted by Gasteiger charge is -2.33. The van der Waals surface area contributed by atoms with Gasteiger partial charge in [-0.15, -0.1) is 0 Å². The van der Waals surface area contributed by atoms with Crippen LogP contribution < -0.4 is 4.74 Å². The second-order valence-electron chi connectivity index (χ2n) is 26.2. The summed E-state index contributed by atoms with van der Waals surface area (Å²) >= 11 is 0. The zero-order chi connectivity index (χ0) is 63.5. The number of hydrogen-bond donors (Lipinski definition) is 3. The molecule has 1 aliphatic heterocycles. The van der Waals surface area contributed by atoms with E-state index in [9.17, 15) is 14.7 Å². The lowest BCUT2D eigenvalue weighted by atomic mass is 9.80. The van der Waals surface area contributed by atoms with Crippen LogP contribution in [0.3, 0.4) is 0 Å². The van der Waals surface area contributed by atoms with Crippen LogP contribution in [0.4, 0.5) is 0 Å². The normalized spacial score (nSPS) is 23.1. The van der Waals surface area contributed by atoms with Crippen molar-refractivity contribution in [3.05, 3.63) is 172 Å². The van der Waals surface area contributed by atoms with E-state index < -0.39 is 17.7 Å². The Balaban J connectivity index is 0.000000171. The number of phenolic OH excluding ortho intramolecular Hbond substituents is 2. The van der Waals surface area contributed by atoms with Crippen molar-refractivity contribution in [1.29, 1.82) is 0 Å². The van der Waals surface area contributed by atoms with Gasteiger partial charge in [-0.25, -0.2) is 4.79 Å². The maximum atomic E-state index is 11.2. The number of aliphatic hydroxyl groups is 1. The second kappa shape index (κ2) is 33.4. The van der Waals surface area contributed by atoms with Crippen LogP contribution in [-0.2, 0) is 29.4 Å². The largest absolute Gasteiger partial charge is 0.508 e. The lowest BCUT2D eigenvalue weighted by Crippen LogP contribution is -2.34. The maximum absolute atomic E-state index is 11.2. The van der Waals surface area contributed by atoms with Crippen LogP contribution in [0.2, 0.25) is 0 Å². The van der Waals surface area contributed by atoms with E-state index in [1.807, 2.05) is 57.2 Å². The first kappa shape index (κ1) is 69.9. The molecule has 0 radical (unpaired) electrons. The first-order chi connectivity index (χ1) is 41.5. The van der Waals surface area contributed by atoms with Crippen molar-refractivity contribution in [2.45, 2.75) is 234 Å². The van der Waals surface area contributed by atoms with Crippen LogP contribution in [0.5, 0.6) is 17.2 Å². The third kappa shape index (κ3) is 19.4. The molecule has 6 aromatic rings. The van der Waals surface area contributed by atoms with Gasteiger partial charge in [-0.05, 0) is 224 Å². The second-order valence-corrected chi connectivity index (χ2v) is 26.2. The Morgan fingerprint density at radius 2 is 1.02 bits per heavy atom. The minimum absolute atomic E-state index is 0.145. The lowest BCUT2D eigenvalue weighted by molar-refractivity contribution is -0.162. The summed E-state index contributed by atoms with van der Waals surface area (Å²) in [5, 5.41) is 30.7. The number of ether oxygens (including phenoxy) is 4. The van der Waals surface area contributed by atoms with Crippen molar-refractivity contribution in [2.75, 3.05) is 6.61 Å². The average molecular weight is 1190 g/mol. The number of phenols is 2. The van der Waals surface area contributed by atoms with E-state index in [2.05, 4.69) is 154 Å². The van der Waals surface area contributed by atoms with Crippen LogP contribution in [0.1, 0.15) is 249 Å². The van der Waals surface area contributed by atoms with Crippen molar-refractivity contribution in [3.63, 3.8) is 0 Å². The average Bonchev–Trinajstić information content (AvgIpc) is 1.70. The van der Waals surface area contributed by atoms with Gasteiger partial charge in [-0.3, -0.25) is 4.79 Å². The molecular formula is C78H108O9. The summed E-state index contributed by atoms with van der Waals surface area (Å²) in [5.74, 6) is 8.22. The van der Waals surface area contributed by atoms with E-state index >= 15 is 0 Å². The molecule has 9 nitrogen and oxygen atoms in total. The first-order valence-electron chi connectivity index (χ1n) is 33.2. The topological polar surface area (TPSA) is 132 Å². The van der Waals surface area contributed by atoms with Gasteiger partial charge in [0.25, 0.3) is 0 Å². The summed E-state index contributed by atoms with van der Waals surface area (Å²) in [6, 6.07) is 45.0. The van der Waals surface area contributed by atoms with Gasteiger partial charge in [-0.2, -0.15) is 0 Å². The number of aromatic hydroxyl groups is 2. The highest BCUT2D eigenvalue weighted by atomic mass is 16.7. The molecule has 474 valence electrons. The number of benzene rings is 6. The number of fused-ring (bicyclic) bond motifs is 5. The highest BCUT2D eigenvalue weighted by Crippen LogP contribution is 2.59. The molecule has 2 bridgehead atoms. The van der Waals surface area contributed by atoms with Crippen LogP contribution in [-0.4, -0.2) is 52.4 Å². The third-order valence-electron chi connectivity index (χ3n) is 19.9. The Labute approximate surface area is 524 Å². The number of cyclic esters (lactones) is 1. The molecule has 5 aliphatic rings. The predicted octanol–water partition coefficient (Wildman–Crippen LogP) is 20.0. The highest BCUT2D eigenvalue weighted by molar-refractivity contribution is 5.92. The third-order valence-corrected chi connectivity index (χ3v) is 19.9. The fraction of sp³-hybridized carbons (Fsp3) is 0.538. The zero-order valence-corrected chi connectivity index (χ0v) is 55.6. The van der Waals surface area contributed by atoms with Crippen molar-refractivity contribution in [1.82, 2.24) is 0 Å². The molecule has 87 heavy (non-hydrogen) atoms. The Morgan fingerprint density at radius 1 is 0.575 bits per heavy atom. The van der Waals surface area contributed by atoms with E-state index in [1.165, 1.54) is 82.7 Å². The maximum Gasteiger partial charge on any atom is 0.347 e. The molecule has 1 saturated heterocycles. The number of carbonyl (C=O) groups is 2. The molecule has 4 aliphatic carbocycles. The van der Waals surface area contributed by atoms with E-state index in [4.69, 9.17) is 24.4 Å². The number of esters is 2. The fourth-order valence-electron chi connectivity index (χ4n) is 13.0. The summed E-state index contributed by atoms with van der Waals surface area (Å²) in [6.07, 6.45) is 12.5. The SMILES string of the molecule is CC1c2cccc3cccc(c23)C1C.CCC(C)C(=O)OC1CCOC1=O.CCC(C)c1ccc(C(C)(C)O)cc1.CCC(C)c1ccc(O)cc1.CCC(C)c1ccc(O)cc1.CCC(C)c1ccc(OC(C)OC2CC3CC2C2CCCC32)cc1. The van der Waals surface area contributed by atoms with Gasteiger partial charge in [0, 0.05) is 6.42 Å². The molecule has 0 amide bonds. The monoisotopic (exact) mass is 1190 g/mol. The van der Waals surface area contributed by atoms with Gasteiger partial charge in [0.15, 0.2) is 6.29 Å². The van der Waals surface area contributed by atoms with Crippen LogP contribution in [0.25, 0.3) is 10.8 Å². The molecule has 11 rings (SSSR count). The minimum atomic E-state index is -0.728. The minimum Gasteiger partial charge on any atom is -0.508 e. The van der Waals surface area contributed by atoms with Gasteiger partial charge >= 0.3 is 11.9 Å². The summed E-state index contributed by atoms with van der Waals surface area (Å²) in [6.45, 7) is 32.0. The first-order valence-corrected chi connectivity index (χ1v) is 33.2. The smallest absolute Gasteiger partial charge is 0.347 e. The Kier molecular flexibility index (Phi) is 26.9. The van der Waals surface area contributed by atoms with E-state index in [0.29, 0.717) is 66.1 Å². The van der Waals surface area contributed by atoms with Gasteiger partial charge in [0.05, 0.1) is 24.2 Å². The molecule has 3 N–H and O–H groups in total. The van der Waals surface area contributed by atoms with Crippen LogP contribution in [0.15, 0.2) is 133 Å². The fourth-order valence-corrected chi connectivity index (χ4v) is 13.0. The summed E-state index contributed by atoms with van der Waals surface area (Å²) in [4.78, 5) is 22.2. The Hall–Kier alpha value is -6.16. The van der Waals surface area contributed by atoms with Crippen molar-refractivity contribution < 1.29 is 43.9 Å². The highest BCUT2D eigenvalue weighted by Gasteiger charge is 2.54. The molecule has 9 heteroatoms. The van der Waals surface area contributed by atoms with E-state index in [0.717, 1.165) is 60.7 Å². The Bertz CT molecular complexity index is 2900. The van der Waals surface area contributed by atoms with Crippen LogP contribution >= 0.6 is 0 Å². The molecule has 6 aromatic carbocycles. The summed E-state index contributed by atoms with van der Waals surface area (Å²) < 4.78 is 22.0. The number of hydrogen-bond acceptors (Lipinski definition) is 9. The molecule has 4 fully saturated rings. The molecular weight excluding hydrogens is 1080 g/mol. The van der Waals surface area contributed by atoms with E-state index in [1.54, 1.807) is 31.2 Å². The molecule has 0 aromatic heterocycles. The molecule has 3 saturated carbocycles. The molecule has 14 atom stereocenters. The van der Waals surface area contributed by atoms with Crippen molar-refractivity contribution >= 4 is 22.7 Å². The zero-order valence-electron chi connectivity index (χ0n) is 55.6. The standard InChI is InChI=1S/C22H32O2.C14H14.C13H20O.2C10H14O.C9H14O4/c1-4-14(2)16-8-10-18(11-9-16)23-15(3)24-22-13-17-12-21(22)20-7-5-6-19(17)20;1-9-10(2)13-8-4-6-11-5-3-7-12(9)14(11)13;1-5-10(2)11-6-8-12(9-7-11)13(3,4)14;2*1-3-8(2)9-4-6-10(11)7-5-9;1-3-6(2)8(10)13-7-4-5-12-9(7)11/h8-11,14-15,17,19-22H,4-7,12-13H2,1-3H3;3-10H,1-2H3;6-10,14H,5H2,1-4H3;2*4-8,11H,3H2,1-2H3;6-7H,3-5H2,1-2H3. The number of carbonyl (C=O) groups excluding carboxylic acids is 2. The van der Waals surface area contributed by atoms with Gasteiger partial charge in [-0.1, -0.05) is 187 Å². The van der Waals surface area contributed by atoms with Crippen molar-refractivity contribution in [2.24, 2.45) is 29.6 Å². The van der Waals surface area contributed by atoms with Gasteiger partial charge < -0.3 is 34.3 Å².